The van der Waals surface area contributed by atoms with E-state index in [4.69, 9.17) is 5.73 Å². The molecule has 0 amide bonds. The minimum Gasteiger partial charge on any atom is -0.403 e. The molecule has 0 unspecified atom stereocenters. The molecule has 0 aliphatic rings. The number of nitrogens with one attached hydrogen (secondary N) is 1. The van der Waals surface area contributed by atoms with E-state index in [0.717, 1.165) is 6.07 Å². The first kappa shape index (κ1) is 12.1. The zero-order chi connectivity index (χ0) is 11.6. The highest BCUT2D eigenvalue weighted by Crippen LogP contribution is 2.28. The second-order valence-corrected chi connectivity index (χ2v) is 3.35. The van der Waals surface area contributed by atoms with Gasteiger partial charge >= 0.3 is 6.36 Å². The van der Waals surface area contributed by atoms with E-state index in [1.807, 2.05) is 0 Å². The Morgan fingerprint density at radius 1 is 1.53 bits per heavy atom. The molecular weight excluding hydrogens is 281 g/mol. The van der Waals surface area contributed by atoms with Gasteiger partial charge in [0.05, 0.1) is 0 Å². The topological polar surface area (TPSA) is 68.1 Å². The molecule has 84 valence electrons. The van der Waals surface area contributed by atoms with Gasteiger partial charge < -0.3 is 15.5 Å². The van der Waals surface area contributed by atoms with Crippen LogP contribution >= 0.6 is 15.9 Å². The smallest absolute Gasteiger partial charge is 0.403 e. The quantitative estimate of drug-likeness (QED) is 0.810. The first-order valence-electron chi connectivity index (χ1n) is 3.71. The Labute approximate surface area is 90.4 Å². The fourth-order valence-corrected chi connectivity index (χ4v) is 1.25. The number of aromatic amines is 1. The second-order valence-electron chi connectivity index (χ2n) is 2.55. The number of aromatic nitrogens is 1. The van der Waals surface area contributed by atoms with Crippen molar-refractivity contribution < 1.29 is 17.9 Å². The Bertz CT molecular complexity index is 416. The molecule has 1 rings (SSSR count). The Kier molecular flexibility index (Phi) is 3.40. The van der Waals surface area contributed by atoms with Crippen molar-refractivity contribution in [3.63, 3.8) is 0 Å². The molecule has 0 aromatic carbocycles. The van der Waals surface area contributed by atoms with Crippen molar-refractivity contribution in [2.75, 3.05) is 0 Å². The molecular formula is C7H6BrF3N2O2. The Hall–Kier alpha value is -1.02. The van der Waals surface area contributed by atoms with Gasteiger partial charge in [-0.1, -0.05) is 0 Å². The van der Waals surface area contributed by atoms with Crippen molar-refractivity contribution in [2.45, 2.75) is 12.9 Å². The zero-order valence-electron chi connectivity index (χ0n) is 7.19. The third kappa shape index (κ3) is 3.24. The molecule has 0 saturated heterocycles. The second kappa shape index (κ2) is 4.23. The summed E-state index contributed by atoms with van der Waals surface area (Å²) in [6, 6.07) is 0.941. The van der Waals surface area contributed by atoms with Gasteiger partial charge in [-0.05, 0) is 22.0 Å². The molecule has 0 radical (unpaired) electrons. The number of H-pyrrole nitrogens is 1. The van der Waals surface area contributed by atoms with Crippen LogP contribution in [0.3, 0.4) is 0 Å². The van der Waals surface area contributed by atoms with Crippen molar-refractivity contribution in [3.8, 4) is 5.75 Å². The molecule has 1 aromatic heterocycles. The maximum atomic E-state index is 11.9. The van der Waals surface area contributed by atoms with Crippen LogP contribution in [0.2, 0.25) is 0 Å². The maximum absolute atomic E-state index is 11.9. The van der Waals surface area contributed by atoms with Gasteiger partial charge in [0.15, 0.2) is 5.75 Å². The molecule has 0 aliphatic heterocycles. The van der Waals surface area contributed by atoms with Gasteiger partial charge in [0, 0.05) is 12.1 Å². The Morgan fingerprint density at radius 3 is 2.60 bits per heavy atom. The molecule has 0 spiro atoms. The summed E-state index contributed by atoms with van der Waals surface area (Å²) in [6.45, 7) is -0.170. The van der Waals surface area contributed by atoms with E-state index in [1.165, 1.54) is 0 Å². The molecule has 0 bridgehead atoms. The zero-order valence-corrected chi connectivity index (χ0v) is 8.78. The molecule has 1 aromatic rings. The highest BCUT2D eigenvalue weighted by Gasteiger charge is 2.32. The van der Waals surface area contributed by atoms with Crippen LogP contribution in [-0.4, -0.2) is 11.3 Å². The van der Waals surface area contributed by atoms with Gasteiger partial charge in [-0.25, -0.2) is 0 Å². The molecule has 8 heteroatoms. The highest BCUT2D eigenvalue weighted by molar-refractivity contribution is 9.10. The van der Waals surface area contributed by atoms with Crippen LogP contribution in [-0.2, 0) is 6.54 Å². The lowest BCUT2D eigenvalue weighted by atomic mass is 10.3. The summed E-state index contributed by atoms with van der Waals surface area (Å²) in [4.78, 5) is 13.2. The van der Waals surface area contributed by atoms with Crippen LogP contribution in [0.1, 0.15) is 5.56 Å². The predicted octanol–water partition coefficient (Wildman–Crippen LogP) is 1.49. The van der Waals surface area contributed by atoms with E-state index >= 15 is 0 Å². The molecule has 0 aliphatic carbocycles. The Morgan fingerprint density at radius 2 is 2.13 bits per heavy atom. The van der Waals surface area contributed by atoms with Crippen molar-refractivity contribution in [2.24, 2.45) is 5.73 Å². The Balaban J connectivity index is 3.14. The molecule has 0 atom stereocenters. The number of nitrogens with two attached hydrogens (primary N) is 1. The van der Waals surface area contributed by atoms with Crippen molar-refractivity contribution in [3.05, 3.63) is 26.6 Å². The molecule has 4 nitrogen and oxygen atoms in total. The largest absolute Gasteiger partial charge is 0.573 e. The van der Waals surface area contributed by atoms with E-state index in [2.05, 4.69) is 25.7 Å². The average molecular weight is 287 g/mol. The van der Waals surface area contributed by atoms with Crippen LogP contribution in [0.25, 0.3) is 0 Å². The van der Waals surface area contributed by atoms with E-state index in [0.29, 0.717) is 0 Å². The van der Waals surface area contributed by atoms with E-state index in [1.54, 1.807) is 0 Å². The van der Waals surface area contributed by atoms with Crippen LogP contribution in [0.4, 0.5) is 13.2 Å². The first-order chi connectivity index (χ1) is 6.83. The molecule has 1 heterocycles. The van der Waals surface area contributed by atoms with Crippen molar-refractivity contribution in [1.29, 1.82) is 0 Å². The number of halogens is 4. The minimum atomic E-state index is -4.81. The first-order valence-corrected chi connectivity index (χ1v) is 4.50. The van der Waals surface area contributed by atoms with Gasteiger partial charge in [-0.2, -0.15) is 0 Å². The standard InChI is InChI=1S/C7H6BrF3N2O2/c8-5-4(15-7(9,10)11)1-3(2-12)6(14)13-5/h1H,2,12H2,(H,13,14). The van der Waals surface area contributed by atoms with Gasteiger partial charge in [-0.3, -0.25) is 4.79 Å². The maximum Gasteiger partial charge on any atom is 0.573 e. The summed E-state index contributed by atoms with van der Waals surface area (Å²) in [5.41, 5.74) is 4.62. The lowest BCUT2D eigenvalue weighted by Gasteiger charge is -2.10. The van der Waals surface area contributed by atoms with E-state index in [-0.39, 0.29) is 16.7 Å². The van der Waals surface area contributed by atoms with Gasteiger partial charge in [-0.15, -0.1) is 13.2 Å². The number of ether oxygens (including phenoxy) is 1. The predicted molar refractivity (Wildman–Crippen MR) is 49.3 cm³/mol. The SMILES string of the molecule is NCc1cc(OC(F)(F)F)c(Br)[nH]c1=O. The minimum absolute atomic E-state index is 0.0115. The summed E-state index contributed by atoms with van der Waals surface area (Å²) in [5, 5.41) is 0. The van der Waals surface area contributed by atoms with Gasteiger partial charge in [0.2, 0.25) is 0 Å². The number of rotatable bonds is 2. The van der Waals surface area contributed by atoms with Crippen LogP contribution in [0, 0.1) is 0 Å². The third-order valence-electron chi connectivity index (χ3n) is 1.48. The lowest BCUT2D eigenvalue weighted by molar-refractivity contribution is -0.275. The van der Waals surface area contributed by atoms with Crippen molar-refractivity contribution in [1.82, 2.24) is 4.98 Å². The summed E-state index contributed by atoms with van der Waals surface area (Å²) in [5.74, 6) is -0.525. The molecule has 0 saturated carbocycles. The fraction of sp³-hybridized carbons (Fsp3) is 0.286. The lowest BCUT2D eigenvalue weighted by Crippen LogP contribution is -2.21. The average Bonchev–Trinajstić information content (AvgIpc) is 2.07. The van der Waals surface area contributed by atoms with Crippen molar-refractivity contribution >= 4 is 15.9 Å². The third-order valence-corrected chi connectivity index (χ3v) is 2.07. The molecule has 3 N–H and O–H groups in total. The summed E-state index contributed by atoms with van der Waals surface area (Å²) < 4.78 is 39.2. The van der Waals surface area contributed by atoms with Crippen LogP contribution in [0.5, 0.6) is 5.75 Å². The monoisotopic (exact) mass is 286 g/mol. The number of hydrogen-bond acceptors (Lipinski definition) is 3. The molecule has 0 fully saturated rings. The molecule has 15 heavy (non-hydrogen) atoms. The van der Waals surface area contributed by atoms with E-state index in [9.17, 15) is 18.0 Å². The number of hydrogen-bond donors (Lipinski definition) is 2. The van der Waals surface area contributed by atoms with Crippen LogP contribution in [0.15, 0.2) is 15.5 Å². The highest BCUT2D eigenvalue weighted by atomic mass is 79.9. The van der Waals surface area contributed by atoms with E-state index < -0.39 is 17.7 Å². The summed E-state index contributed by atoms with van der Waals surface area (Å²) in [6.07, 6.45) is -4.81. The fourth-order valence-electron chi connectivity index (χ4n) is 0.879. The number of alkyl halides is 3. The van der Waals surface area contributed by atoms with Gasteiger partial charge in [0.1, 0.15) is 4.60 Å². The normalized spacial score (nSPS) is 11.5. The number of pyridine rings is 1. The van der Waals surface area contributed by atoms with Crippen LogP contribution < -0.4 is 16.0 Å². The summed E-state index contributed by atoms with van der Waals surface area (Å²) in [7, 11) is 0. The summed E-state index contributed by atoms with van der Waals surface area (Å²) >= 11 is 2.74. The van der Waals surface area contributed by atoms with Gasteiger partial charge in [0.25, 0.3) is 5.56 Å².